The summed E-state index contributed by atoms with van der Waals surface area (Å²) in [4.78, 5) is 23.7. The maximum Gasteiger partial charge on any atom is 0.305 e. The van der Waals surface area contributed by atoms with Crippen LogP contribution >= 0.6 is 9.47 Å². The largest absolute Gasteiger partial charge is 0.453 e. The molecule has 3 rings (SSSR count). The van der Waals surface area contributed by atoms with Gasteiger partial charge in [0.05, 0.1) is 6.61 Å². The van der Waals surface area contributed by atoms with E-state index in [0.29, 0.717) is 6.42 Å². The molecular formula is C27H37O7PSi. The van der Waals surface area contributed by atoms with E-state index in [4.69, 9.17) is 23.2 Å². The monoisotopic (exact) mass is 532 g/mol. The molecule has 1 saturated heterocycles. The SMILES string of the molecule is CC[C@@]1(CO[Si](c2ccccc2)(c2ccccc2)C(C)(C)C)OC(OC(C)=O)[C@H](OC(C)=O)[C@@H]1OP. The van der Waals surface area contributed by atoms with Crippen molar-refractivity contribution in [1.29, 1.82) is 0 Å². The normalized spacial score (nSPS) is 24.4. The van der Waals surface area contributed by atoms with Gasteiger partial charge in [-0.05, 0) is 21.8 Å². The lowest BCUT2D eigenvalue weighted by Gasteiger charge is -2.45. The predicted octanol–water partition coefficient (Wildman–Crippen LogP) is 3.74. The number of carbonyl (C=O) groups excluding carboxylic acids is 2. The van der Waals surface area contributed by atoms with Crippen LogP contribution < -0.4 is 10.4 Å². The van der Waals surface area contributed by atoms with E-state index < -0.39 is 44.4 Å². The summed E-state index contributed by atoms with van der Waals surface area (Å²) in [7, 11) is -0.653. The molecule has 0 aliphatic carbocycles. The fourth-order valence-electron chi connectivity index (χ4n) is 5.07. The van der Waals surface area contributed by atoms with Gasteiger partial charge in [-0.1, -0.05) is 88.4 Å². The van der Waals surface area contributed by atoms with Crippen LogP contribution in [0.15, 0.2) is 60.7 Å². The lowest BCUT2D eigenvalue weighted by molar-refractivity contribution is -0.208. The number of esters is 2. The van der Waals surface area contributed by atoms with Crippen LogP contribution in [0.4, 0.5) is 0 Å². The minimum absolute atomic E-state index is 0.144. The average Bonchev–Trinajstić information content (AvgIpc) is 3.11. The fourth-order valence-corrected chi connectivity index (χ4v) is 10.1. The molecule has 0 N–H and O–H groups in total. The molecule has 7 nitrogen and oxygen atoms in total. The van der Waals surface area contributed by atoms with Gasteiger partial charge in [0.25, 0.3) is 8.32 Å². The van der Waals surface area contributed by atoms with Crippen LogP contribution in [0.2, 0.25) is 5.04 Å². The van der Waals surface area contributed by atoms with Crippen molar-refractivity contribution in [2.75, 3.05) is 6.61 Å². The summed E-state index contributed by atoms with van der Waals surface area (Å²) in [6.45, 7) is 11.3. The topological polar surface area (TPSA) is 80.3 Å². The first kappa shape index (κ1) is 28.5. The maximum atomic E-state index is 11.9. The van der Waals surface area contributed by atoms with Gasteiger partial charge in [0.2, 0.25) is 6.29 Å². The van der Waals surface area contributed by atoms with Crippen molar-refractivity contribution in [3.63, 3.8) is 0 Å². The molecule has 1 heterocycles. The standard InChI is InChI=1S/C27H37O7PSi/c1-7-27(24(34-35)23(31-19(2)28)25(33-27)32-20(3)29)18-30-36(26(4,5)6,21-14-10-8-11-15-21)22-16-12-9-13-17-22/h8-17,23-25H,7,18,35H2,1-6H3/t23-,24+,25?,27+/m1/s1. The highest BCUT2D eigenvalue weighted by atomic mass is 31.0. The first-order valence-electron chi connectivity index (χ1n) is 12.1. The van der Waals surface area contributed by atoms with Crippen molar-refractivity contribution in [3.05, 3.63) is 60.7 Å². The van der Waals surface area contributed by atoms with E-state index >= 15 is 0 Å². The van der Waals surface area contributed by atoms with Gasteiger partial charge in [-0.3, -0.25) is 9.59 Å². The lowest BCUT2D eigenvalue weighted by Crippen LogP contribution is -2.68. The van der Waals surface area contributed by atoms with Crippen LogP contribution in [0.3, 0.4) is 0 Å². The Kier molecular flexibility index (Phi) is 9.12. The number of hydrogen-bond acceptors (Lipinski definition) is 7. The van der Waals surface area contributed by atoms with Gasteiger partial charge in [-0.15, -0.1) is 0 Å². The summed E-state index contributed by atoms with van der Waals surface area (Å²) >= 11 is 0. The van der Waals surface area contributed by atoms with Gasteiger partial charge in [-0.25, -0.2) is 0 Å². The number of rotatable bonds is 9. The van der Waals surface area contributed by atoms with E-state index in [1.54, 1.807) is 0 Å². The number of ether oxygens (including phenoxy) is 3. The van der Waals surface area contributed by atoms with E-state index in [2.05, 4.69) is 54.5 Å². The summed E-state index contributed by atoms with van der Waals surface area (Å²) < 4.78 is 30.2. The summed E-state index contributed by atoms with van der Waals surface area (Å²) in [5.74, 6) is -1.06. The van der Waals surface area contributed by atoms with Crippen molar-refractivity contribution in [3.8, 4) is 0 Å². The Morgan fingerprint density at radius 3 is 1.83 bits per heavy atom. The molecule has 196 valence electrons. The Hall–Kier alpha value is -2.09. The average molecular weight is 533 g/mol. The van der Waals surface area contributed by atoms with Gasteiger partial charge in [-0.2, -0.15) is 0 Å². The lowest BCUT2D eigenvalue weighted by atomic mass is 9.93. The van der Waals surface area contributed by atoms with Crippen LogP contribution in [0, 0.1) is 0 Å². The fraction of sp³-hybridized carbons (Fsp3) is 0.481. The second-order valence-corrected chi connectivity index (χ2v) is 14.7. The quantitative estimate of drug-likeness (QED) is 0.277. The van der Waals surface area contributed by atoms with E-state index in [9.17, 15) is 9.59 Å². The maximum absolute atomic E-state index is 11.9. The Bertz CT molecular complexity index is 988. The molecule has 2 unspecified atom stereocenters. The minimum Gasteiger partial charge on any atom is -0.453 e. The van der Waals surface area contributed by atoms with Crippen LogP contribution in [0.5, 0.6) is 0 Å². The Morgan fingerprint density at radius 2 is 1.44 bits per heavy atom. The number of benzene rings is 2. The molecule has 9 heteroatoms. The van der Waals surface area contributed by atoms with E-state index in [0.717, 1.165) is 10.4 Å². The smallest absolute Gasteiger partial charge is 0.305 e. The molecule has 1 fully saturated rings. The van der Waals surface area contributed by atoms with Crippen LogP contribution in [-0.4, -0.2) is 51.0 Å². The third kappa shape index (κ3) is 5.58. The molecule has 5 atom stereocenters. The third-order valence-electron chi connectivity index (χ3n) is 6.72. The zero-order valence-corrected chi connectivity index (χ0v) is 24.0. The molecule has 0 spiro atoms. The zero-order chi connectivity index (χ0) is 26.6. The van der Waals surface area contributed by atoms with Crippen LogP contribution in [0.25, 0.3) is 0 Å². The molecule has 0 bridgehead atoms. The van der Waals surface area contributed by atoms with E-state index in [-0.39, 0.29) is 11.6 Å². The number of hydrogen-bond donors (Lipinski definition) is 0. The Morgan fingerprint density at radius 1 is 0.944 bits per heavy atom. The molecule has 1 aliphatic heterocycles. The Labute approximate surface area is 217 Å². The van der Waals surface area contributed by atoms with E-state index in [1.165, 1.54) is 13.8 Å². The van der Waals surface area contributed by atoms with Crippen molar-refractivity contribution in [2.45, 2.75) is 77.1 Å². The third-order valence-corrected chi connectivity index (χ3v) is 12.0. The minimum atomic E-state index is -2.89. The summed E-state index contributed by atoms with van der Waals surface area (Å²) in [6, 6.07) is 20.6. The van der Waals surface area contributed by atoms with Crippen molar-refractivity contribution in [2.24, 2.45) is 0 Å². The van der Waals surface area contributed by atoms with Gasteiger partial charge in [0.15, 0.2) is 6.10 Å². The van der Waals surface area contributed by atoms with Gasteiger partial charge in [0.1, 0.15) is 11.7 Å². The van der Waals surface area contributed by atoms with Crippen molar-refractivity contribution in [1.82, 2.24) is 0 Å². The summed E-state index contributed by atoms with van der Waals surface area (Å²) in [5.41, 5.74) is -1.03. The van der Waals surface area contributed by atoms with Gasteiger partial charge < -0.3 is 23.2 Å². The molecule has 0 amide bonds. The number of carbonyl (C=O) groups is 2. The molecule has 0 saturated carbocycles. The first-order chi connectivity index (χ1) is 17.0. The molecule has 1 aliphatic rings. The highest BCUT2D eigenvalue weighted by molar-refractivity contribution is 7.09. The Balaban J connectivity index is 2.10. The van der Waals surface area contributed by atoms with Gasteiger partial charge in [0, 0.05) is 23.3 Å². The predicted molar refractivity (Wildman–Crippen MR) is 143 cm³/mol. The summed E-state index contributed by atoms with van der Waals surface area (Å²) in [6.07, 6.45) is -2.31. The summed E-state index contributed by atoms with van der Waals surface area (Å²) in [5, 5.41) is 2.01. The van der Waals surface area contributed by atoms with Crippen molar-refractivity contribution >= 4 is 40.1 Å². The molecule has 0 aromatic heterocycles. The first-order valence-corrected chi connectivity index (χ1v) is 14.5. The van der Waals surface area contributed by atoms with Crippen LogP contribution in [0.1, 0.15) is 48.0 Å². The molecule has 0 radical (unpaired) electrons. The van der Waals surface area contributed by atoms with Crippen molar-refractivity contribution < 1.29 is 32.7 Å². The van der Waals surface area contributed by atoms with Gasteiger partial charge >= 0.3 is 11.9 Å². The molecule has 2 aromatic rings. The second kappa shape index (κ2) is 11.5. The highest BCUT2D eigenvalue weighted by Crippen LogP contribution is 2.43. The highest BCUT2D eigenvalue weighted by Gasteiger charge is 2.60. The van der Waals surface area contributed by atoms with E-state index in [1.807, 2.05) is 43.3 Å². The molecule has 2 aromatic carbocycles. The van der Waals surface area contributed by atoms with Crippen LogP contribution in [-0.2, 0) is 32.7 Å². The molecular weight excluding hydrogens is 495 g/mol. The second-order valence-electron chi connectivity index (χ2n) is 10.1. The molecule has 36 heavy (non-hydrogen) atoms. The zero-order valence-electron chi connectivity index (χ0n) is 21.9.